The van der Waals surface area contributed by atoms with E-state index in [-0.39, 0.29) is 5.97 Å². The van der Waals surface area contributed by atoms with Crippen LogP contribution in [0.25, 0.3) is 17.0 Å². The van der Waals surface area contributed by atoms with Crippen molar-refractivity contribution in [1.29, 1.82) is 0 Å². The van der Waals surface area contributed by atoms with Crippen LogP contribution in [-0.4, -0.2) is 53.6 Å². The Balaban J connectivity index is 1.45. The molecule has 3 aromatic rings. The van der Waals surface area contributed by atoms with Gasteiger partial charge in [-0.15, -0.1) is 0 Å². The molecule has 0 unspecified atom stereocenters. The highest BCUT2D eigenvalue weighted by atomic mass is 16.5. The van der Waals surface area contributed by atoms with Crippen molar-refractivity contribution in [2.45, 2.75) is 45.3 Å². The lowest BCUT2D eigenvalue weighted by Gasteiger charge is -2.29. The Labute approximate surface area is 202 Å². The molecule has 0 radical (unpaired) electrons. The molecule has 1 saturated heterocycles. The van der Waals surface area contributed by atoms with E-state index in [2.05, 4.69) is 62.9 Å². The number of benzene rings is 2. The van der Waals surface area contributed by atoms with Crippen LogP contribution in [0, 0.1) is 0 Å². The number of methoxy groups -OCH3 is 1. The first kappa shape index (κ1) is 22.9. The number of hydrogen-bond donors (Lipinski definition) is 0. The molecule has 0 bridgehead atoms. The third-order valence-electron chi connectivity index (χ3n) is 7.31. The molecule has 0 aliphatic carbocycles. The molecule has 2 aliphatic heterocycles. The quantitative estimate of drug-likeness (QED) is 0.375. The van der Waals surface area contributed by atoms with Crippen molar-refractivity contribution in [2.75, 3.05) is 33.3 Å². The van der Waals surface area contributed by atoms with Gasteiger partial charge in [-0.2, -0.15) is 0 Å². The molecule has 0 N–H and O–H groups in total. The Kier molecular flexibility index (Phi) is 7.12. The molecule has 1 fully saturated rings. The number of ether oxygens (including phenoxy) is 1. The highest BCUT2D eigenvalue weighted by molar-refractivity contribution is 5.91. The zero-order valence-corrected chi connectivity index (χ0v) is 20.2. The molecule has 5 nitrogen and oxygen atoms in total. The van der Waals surface area contributed by atoms with Gasteiger partial charge < -0.3 is 14.2 Å². The van der Waals surface area contributed by atoms with Gasteiger partial charge in [-0.05, 0) is 60.8 Å². The molecule has 3 heterocycles. The van der Waals surface area contributed by atoms with E-state index in [9.17, 15) is 4.79 Å². The van der Waals surface area contributed by atoms with Gasteiger partial charge in [-0.3, -0.25) is 4.90 Å². The van der Waals surface area contributed by atoms with Crippen LogP contribution in [0.3, 0.4) is 0 Å². The summed E-state index contributed by atoms with van der Waals surface area (Å²) in [6.45, 7) is 7.64. The summed E-state index contributed by atoms with van der Waals surface area (Å²) in [5, 5.41) is 1.32. The molecule has 5 rings (SSSR count). The van der Waals surface area contributed by atoms with Crippen molar-refractivity contribution < 1.29 is 9.53 Å². The van der Waals surface area contributed by atoms with Gasteiger partial charge in [0.25, 0.3) is 0 Å². The van der Waals surface area contributed by atoms with E-state index < -0.39 is 0 Å². The Morgan fingerprint density at radius 3 is 2.59 bits per heavy atom. The Morgan fingerprint density at radius 2 is 1.79 bits per heavy atom. The lowest BCUT2D eigenvalue weighted by atomic mass is 10.0. The number of rotatable bonds is 7. The smallest absolute Gasteiger partial charge is 0.330 e. The fourth-order valence-corrected chi connectivity index (χ4v) is 5.52. The van der Waals surface area contributed by atoms with Gasteiger partial charge in [-0.25, -0.2) is 4.79 Å². The maximum atomic E-state index is 11.6. The molecule has 0 saturated carbocycles. The average Bonchev–Trinajstić information content (AvgIpc) is 3.19. The number of carbonyl (C=O) groups is 1. The second-order valence-corrected chi connectivity index (χ2v) is 9.56. The molecule has 1 aromatic heterocycles. The molecule has 2 aliphatic rings. The molecule has 0 atom stereocenters. The number of fused-ring (bicyclic) bond motifs is 3. The third-order valence-corrected chi connectivity index (χ3v) is 7.31. The van der Waals surface area contributed by atoms with Crippen LogP contribution in [0.2, 0.25) is 0 Å². The lowest BCUT2D eigenvalue weighted by Crippen LogP contribution is -2.34. The molecule has 34 heavy (non-hydrogen) atoms. The van der Waals surface area contributed by atoms with Crippen molar-refractivity contribution in [2.24, 2.45) is 0 Å². The SMILES string of the molecule is COC(=O)/C=C/c1ccc2c(c1)c1c(n2CCN2CCCCC2)CCN(Cc2ccccc2)C1. The number of hydrogen-bond acceptors (Lipinski definition) is 4. The van der Waals surface area contributed by atoms with Gasteiger partial charge in [0.2, 0.25) is 0 Å². The highest BCUT2D eigenvalue weighted by Gasteiger charge is 2.24. The Morgan fingerprint density at radius 1 is 0.971 bits per heavy atom. The number of aromatic nitrogens is 1. The van der Waals surface area contributed by atoms with Crippen LogP contribution in [-0.2, 0) is 35.6 Å². The van der Waals surface area contributed by atoms with Gasteiger partial charge in [0, 0.05) is 61.8 Å². The molecule has 5 heteroatoms. The number of likely N-dealkylation sites (tertiary alicyclic amines) is 1. The van der Waals surface area contributed by atoms with Crippen LogP contribution < -0.4 is 0 Å². The average molecular weight is 458 g/mol. The summed E-state index contributed by atoms with van der Waals surface area (Å²) in [5.74, 6) is -0.324. The maximum Gasteiger partial charge on any atom is 0.330 e. The van der Waals surface area contributed by atoms with Gasteiger partial charge in [-0.1, -0.05) is 42.8 Å². The fourth-order valence-electron chi connectivity index (χ4n) is 5.52. The van der Waals surface area contributed by atoms with E-state index in [0.29, 0.717) is 0 Å². The topological polar surface area (TPSA) is 37.7 Å². The van der Waals surface area contributed by atoms with Crippen molar-refractivity contribution in [3.63, 3.8) is 0 Å². The summed E-state index contributed by atoms with van der Waals surface area (Å²) in [6.07, 6.45) is 8.46. The third kappa shape index (κ3) is 5.11. The number of nitrogens with zero attached hydrogens (tertiary/aromatic N) is 3. The first-order valence-electron chi connectivity index (χ1n) is 12.6. The van der Waals surface area contributed by atoms with Crippen molar-refractivity contribution >= 4 is 22.9 Å². The number of carbonyl (C=O) groups excluding carboxylic acids is 1. The van der Waals surface area contributed by atoms with Crippen molar-refractivity contribution in [3.8, 4) is 0 Å². The fraction of sp³-hybridized carbons (Fsp3) is 0.414. The van der Waals surface area contributed by atoms with E-state index in [0.717, 1.165) is 44.7 Å². The molecule has 0 spiro atoms. The monoisotopic (exact) mass is 457 g/mol. The first-order valence-corrected chi connectivity index (χ1v) is 12.6. The largest absolute Gasteiger partial charge is 0.466 e. The predicted octanol–water partition coefficient (Wildman–Crippen LogP) is 4.87. The van der Waals surface area contributed by atoms with Crippen molar-refractivity contribution in [3.05, 3.63) is 77.0 Å². The van der Waals surface area contributed by atoms with E-state index in [1.165, 1.54) is 73.3 Å². The Hall–Kier alpha value is -2.89. The minimum absolute atomic E-state index is 0.324. The molecule has 0 amide bonds. The zero-order chi connectivity index (χ0) is 23.3. The van der Waals surface area contributed by atoms with Crippen LogP contribution in [0.15, 0.2) is 54.6 Å². The second-order valence-electron chi connectivity index (χ2n) is 9.56. The molecule has 2 aromatic carbocycles. The Bertz CT molecular complexity index is 1160. The van der Waals surface area contributed by atoms with Crippen LogP contribution in [0.5, 0.6) is 0 Å². The standard InChI is InChI=1S/C29H35N3O2/c1-34-29(33)13-11-23-10-12-27-25(20-23)26-22-31(21-24-8-4-2-5-9-24)17-14-28(26)32(27)19-18-30-15-6-3-7-16-30/h2,4-5,8-13,20H,3,6-7,14-19,21-22H2,1H3/b13-11+. The zero-order valence-electron chi connectivity index (χ0n) is 20.2. The summed E-state index contributed by atoms with van der Waals surface area (Å²) in [7, 11) is 1.41. The molecular weight excluding hydrogens is 422 g/mol. The van der Waals surface area contributed by atoms with Crippen LogP contribution in [0.1, 0.15) is 41.6 Å². The minimum Gasteiger partial charge on any atom is -0.466 e. The summed E-state index contributed by atoms with van der Waals surface area (Å²) in [4.78, 5) is 16.8. The number of esters is 1. The van der Waals surface area contributed by atoms with Crippen molar-refractivity contribution in [1.82, 2.24) is 14.4 Å². The van der Waals surface area contributed by atoms with E-state index in [1.807, 2.05) is 6.08 Å². The lowest BCUT2D eigenvalue weighted by molar-refractivity contribution is -0.134. The highest BCUT2D eigenvalue weighted by Crippen LogP contribution is 2.33. The number of piperidine rings is 1. The normalized spacial score (nSPS) is 17.3. The van der Waals surface area contributed by atoms with Gasteiger partial charge in [0.15, 0.2) is 0 Å². The molecular formula is C29H35N3O2. The maximum absolute atomic E-state index is 11.6. The van der Waals surface area contributed by atoms with Crippen LogP contribution >= 0.6 is 0 Å². The minimum atomic E-state index is -0.324. The van der Waals surface area contributed by atoms with E-state index >= 15 is 0 Å². The van der Waals surface area contributed by atoms with Gasteiger partial charge in [0.1, 0.15) is 0 Å². The summed E-state index contributed by atoms with van der Waals surface area (Å²) in [6, 6.07) is 17.4. The first-order chi connectivity index (χ1) is 16.7. The van der Waals surface area contributed by atoms with Gasteiger partial charge in [0.05, 0.1) is 7.11 Å². The van der Waals surface area contributed by atoms with E-state index in [1.54, 1.807) is 0 Å². The summed E-state index contributed by atoms with van der Waals surface area (Å²) < 4.78 is 7.35. The van der Waals surface area contributed by atoms with E-state index in [4.69, 9.17) is 4.74 Å². The second kappa shape index (κ2) is 10.6. The predicted molar refractivity (Wildman–Crippen MR) is 138 cm³/mol. The van der Waals surface area contributed by atoms with Gasteiger partial charge >= 0.3 is 5.97 Å². The van der Waals surface area contributed by atoms with Crippen LogP contribution in [0.4, 0.5) is 0 Å². The molecule has 178 valence electrons. The summed E-state index contributed by atoms with van der Waals surface area (Å²) in [5.41, 5.74) is 6.66. The summed E-state index contributed by atoms with van der Waals surface area (Å²) >= 11 is 0.